The molecular weight excluding hydrogens is 309 g/mol. The molecule has 4 nitrogen and oxygen atoms in total. The number of nitrogens with two attached hydrogens (primary N) is 1. The molecule has 1 aromatic carbocycles. The minimum absolute atomic E-state index is 0. The number of carbonyl (C=O) groups excluding carboxylic acids is 1. The molecule has 0 aromatic heterocycles. The van der Waals surface area contributed by atoms with Gasteiger partial charge in [0.15, 0.2) is 6.61 Å². The molecule has 0 saturated heterocycles. The van der Waals surface area contributed by atoms with Crippen LogP contribution in [0.4, 0.5) is 13.2 Å². The van der Waals surface area contributed by atoms with Crippen molar-refractivity contribution in [1.82, 2.24) is 5.32 Å². The van der Waals surface area contributed by atoms with Crippen LogP contribution < -0.4 is 15.8 Å². The summed E-state index contributed by atoms with van der Waals surface area (Å²) in [6.07, 6.45) is -3.37. The number of carbonyl (C=O) groups is 1. The van der Waals surface area contributed by atoms with Gasteiger partial charge in [-0.05, 0) is 30.7 Å². The summed E-state index contributed by atoms with van der Waals surface area (Å²) in [5.41, 5.74) is 6.07. The predicted octanol–water partition coefficient (Wildman–Crippen LogP) is 2.40. The van der Waals surface area contributed by atoms with Gasteiger partial charge in [0, 0.05) is 13.0 Å². The van der Waals surface area contributed by atoms with Crippen LogP contribution >= 0.6 is 12.4 Å². The second-order valence-corrected chi connectivity index (χ2v) is 4.22. The number of benzene rings is 1. The Bertz CT molecular complexity index is 424. The van der Waals surface area contributed by atoms with Crippen molar-refractivity contribution in [2.45, 2.75) is 25.6 Å². The molecule has 120 valence electrons. The summed E-state index contributed by atoms with van der Waals surface area (Å²) in [5.74, 6) is 0.0355. The highest BCUT2D eigenvalue weighted by atomic mass is 35.5. The molecule has 0 aliphatic carbocycles. The fraction of sp³-hybridized carbons (Fsp3) is 0.462. The van der Waals surface area contributed by atoms with Gasteiger partial charge >= 0.3 is 6.18 Å². The molecule has 0 radical (unpaired) electrons. The van der Waals surface area contributed by atoms with Crippen molar-refractivity contribution in [3.63, 3.8) is 0 Å². The molecule has 0 bridgehead atoms. The van der Waals surface area contributed by atoms with Crippen molar-refractivity contribution in [2.75, 3.05) is 13.2 Å². The fourth-order valence-corrected chi connectivity index (χ4v) is 1.42. The first-order chi connectivity index (χ1) is 9.40. The lowest BCUT2D eigenvalue weighted by Crippen LogP contribution is -2.23. The van der Waals surface area contributed by atoms with Crippen LogP contribution in [0.15, 0.2) is 24.3 Å². The number of hydrogen-bond donors (Lipinski definition) is 2. The Labute approximate surface area is 127 Å². The van der Waals surface area contributed by atoms with E-state index in [2.05, 4.69) is 10.1 Å². The summed E-state index contributed by atoms with van der Waals surface area (Å²) < 4.78 is 40.4. The van der Waals surface area contributed by atoms with Gasteiger partial charge in [-0.15, -0.1) is 12.4 Å². The van der Waals surface area contributed by atoms with Gasteiger partial charge in [-0.2, -0.15) is 13.2 Å². The molecule has 0 atom stereocenters. The summed E-state index contributed by atoms with van der Waals surface area (Å²) in [4.78, 5) is 11.3. The second kappa shape index (κ2) is 9.46. The lowest BCUT2D eigenvalue weighted by Gasteiger charge is -2.10. The smallest absolute Gasteiger partial charge is 0.422 e. The fourth-order valence-electron chi connectivity index (χ4n) is 1.42. The van der Waals surface area contributed by atoms with Gasteiger partial charge in [0.05, 0.1) is 0 Å². The first-order valence-electron chi connectivity index (χ1n) is 6.16. The molecule has 1 aromatic rings. The lowest BCUT2D eigenvalue weighted by molar-refractivity contribution is -0.153. The zero-order valence-corrected chi connectivity index (χ0v) is 12.1. The van der Waals surface area contributed by atoms with Gasteiger partial charge in [-0.25, -0.2) is 0 Å². The Morgan fingerprint density at radius 1 is 1.24 bits per heavy atom. The molecule has 8 heteroatoms. The average Bonchev–Trinajstić information content (AvgIpc) is 2.41. The van der Waals surface area contributed by atoms with Crippen LogP contribution in [-0.4, -0.2) is 25.2 Å². The normalized spacial score (nSPS) is 10.7. The van der Waals surface area contributed by atoms with E-state index in [1.807, 2.05) is 0 Å². The van der Waals surface area contributed by atoms with Gasteiger partial charge in [0.25, 0.3) is 0 Å². The van der Waals surface area contributed by atoms with E-state index in [1.165, 1.54) is 12.1 Å². The van der Waals surface area contributed by atoms with Gasteiger partial charge in [-0.1, -0.05) is 12.1 Å². The molecule has 0 fully saturated rings. The summed E-state index contributed by atoms with van der Waals surface area (Å²) >= 11 is 0. The minimum atomic E-state index is -4.35. The standard InChI is InChI=1S/C13H17F3N2O2.ClH/c14-13(15,16)9-20-11-5-3-10(4-6-11)8-18-12(19)2-1-7-17;/h3-6H,1-2,7-9,17H2,(H,18,19);1H. The number of alkyl halides is 3. The zero-order valence-electron chi connectivity index (χ0n) is 11.3. The van der Waals surface area contributed by atoms with E-state index in [0.29, 0.717) is 25.9 Å². The monoisotopic (exact) mass is 326 g/mol. The summed E-state index contributed by atoms with van der Waals surface area (Å²) in [6, 6.07) is 6.09. The van der Waals surface area contributed by atoms with E-state index in [9.17, 15) is 18.0 Å². The highest BCUT2D eigenvalue weighted by Gasteiger charge is 2.28. The van der Waals surface area contributed by atoms with Gasteiger partial charge in [-0.3, -0.25) is 4.79 Å². The van der Waals surface area contributed by atoms with E-state index in [0.717, 1.165) is 5.56 Å². The van der Waals surface area contributed by atoms with Crippen molar-refractivity contribution in [3.8, 4) is 5.75 Å². The van der Waals surface area contributed by atoms with Crippen LogP contribution in [0.3, 0.4) is 0 Å². The third kappa shape index (κ3) is 9.14. The van der Waals surface area contributed by atoms with Crippen LogP contribution in [0, 0.1) is 0 Å². The number of halogens is 4. The van der Waals surface area contributed by atoms with Crippen LogP contribution in [0.2, 0.25) is 0 Å². The lowest BCUT2D eigenvalue weighted by atomic mass is 10.2. The van der Waals surface area contributed by atoms with Crippen LogP contribution in [0.5, 0.6) is 5.75 Å². The van der Waals surface area contributed by atoms with Crippen LogP contribution in [-0.2, 0) is 11.3 Å². The van der Waals surface area contributed by atoms with Crippen molar-refractivity contribution >= 4 is 18.3 Å². The molecule has 0 unspecified atom stereocenters. The van der Waals surface area contributed by atoms with Crippen LogP contribution in [0.1, 0.15) is 18.4 Å². The number of rotatable bonds is 7. The maximum atomic E-state index is 12.0. The minimum Gasteiger partial charge on any atom is -0.484 e. The molecule has 21 heavy (non-hydrogen) atoms. The van der Waals surface area contributed by atoms with E-state index in [1.54, 1.807) is 12.1 Å². The Morgan fingerprint density at radius 2 is 1.86 bits per heavy atom. The highest BCUT2D eigenvalue weighted by Crippen LogP contribution is 2.18. The molecule has 0 heterocycles. The average molecular weight is 327 g/mol. The molecule has 1 amide bonds. The van der Waals surface area contributed by atoms with E-state index in [-0.39, 0.29) is 24.1 Å². The van der Waals surface area contributed by atoms with Crippen molar-refractivity contribution in [2.24, 2.45) is 5.73 Å². The Kier molecular flexibility index (Phi) is 8.80. The summed E-state index contributed by atoms with van der Waals surface area (Å²) in [6.45, 7) is -0.538. The summed E-state index contributed by atoms with van der Waals surface area (Å²) in [5, 5.41) is 2.69. The van der Waals surface area contributed by atoms with E-state index >= 15 is 0 Å². The molecule has 0 aliphatic rings. The van der Waals surface area contributed by atoms with Crippen LogP contribution in [0.25, 0.3) is 0 Å². The van der Waals surface area contributed by atoms with E-state index in [4.69, 9.17) is 5.73 Å². The largest absolute Gasteiger partial charge is 0.484 e. The van der Waals surface area contributed by atoms with Gasteiger partial charge in [0.2, 0.25) is 5.91 Å². The zero-order chi connectivity index (χ0) is 15.0. The molecule has 0 saturated carbocycles. The SMILES string of the molecule is Cl.NCCCC(=O)NCc1ccc(OCC(F)(F)F)cc1. The second-order valence-electron chi connectivity index (χ2n) is 4.22. The number of nitrogens with one attached hydrogen (secondary N) is 1. The summed E-state index contributed by atoms with van der Waals surface area (Å²) in [7, 11) is 0. The molecule has 3 N–H and O–H groups in total. The molecule has 1 rings (SSSR count). The van der Waals surface area contributed by atoms with Gasteiger partial charge in [0.1, 0.15) is 5.75 Å². The first kappa shape index (κ1) is 19.5. The quantitative estimate of drug-likeness (QED) is 0.808. The van der Waals surface area contributed by atoms with Gasteiger partial charge < -0.3 is 15.8 Å². The molecule has 0 aliphatic heterocycles. The maximum Gasteiger partial charge on any atom is 0.422 e. The third-order valence-electron chi connectivity index (χ3n) is 2.42. The highest BCUT2D eigenvalue weighted by molar-refractivity contribution is 5.85. The van der Waals surface area contributed by atoms with E-state index < -0.39 is 12.8 Å². The van der Waals surface area contributed by atoms with Crippen molar-refractivity contribution < 1.29 is 22.7 Å². The van der Waals surface area contributed by atoms with Crippen molar-refractivity contribution in [3.05, 3.63) is 29.8 Å². The Hall–Kier alpha value is -1.47. The first-order valence-corrected chi connectivity index (χ1v) is 6.16. The molecule has 0 spiro atoms. The predicted molar refractivity (Wildman–Crippen MR) is 75.4 cm³/mol. The number of amides is 1. The Morgan fingerprint density at radius 3 is 2.38 bits per heavy atom. The topological polar surface area (TPSA) is 64.4 Å². The Balaban J connectivity index is 0.00000400. The third-order valence-corrected chi connectivity index (χ3v) is 2.42. The van der Waals surface area contributed by atoms with Crippen molar-refractivity contribution in [1.29, 1.82) is 0 Å². The maximum absolute atomic E-state index is 12.0. The number of ether oxygens (including phenoxy) is 1. The molecular formula is C13H18ClF3N2O2. The number of hydrogen-bond acceptors (Lipinski definition) is 3.